The van der Waals surface area contributed by atoms with Crippen molar-refractivity contribution >= 4 is 6.09 Å². The Bertz CT molecular complexity index is 832. The Morgan fingerprint density at radius 2 is 1.88 bits per heavy atom. The van der Waals surface area contributed by atoms with Crippen LogP contribution in [0.4, 0.5) is 4.79 Å². The first kappa shape index (κ1) is 17.5. The third-order valence-electron chi connectivity index (χ3n) is 3.64. The van der Waals surface area contributed by atoms with Gasteiger partial charge >= 0.3 is 6.09 Å². The Labute approximate surface area is 150 Å². The van der Waals surface area contributed by atoms with Crippen LogP contribution in [-0.4, -0.2) is 29.9 Å². The van der Waals surface area contributed by atoms with E-state index >= 15 is 0 Å². The zero-order valence-corrected chi connectivity index (χ0v) is 14.3. The molecule has 0 aliphatic rings. The largest absolute Gasteiger partial charge is 0.497 e. The molecule has 3 rings (SSSR count). The van der Waals surface area contributed by atoms with E-state index in [1.165, 1.54) is 0 Å². The molecule has 0 fully saturated rings. The average molecular weight is 353 g/mol. The molecule has 0 bridgehead atoms. The smallest absolute Gasteiger partial charge is 0.407 e. The van der Waals surface area contributed by atoms with Gasteiger partial charge in [-0.2, -0.15) is 4.98 Å². The predicted molar refractivity (Wildman–Crippen MR) is 94.6 cm³/mol. The van der Waals surface area contributed by atoms with Crippen LogP contribution in [0.15, 0.2) is 59.1 Å². The molecular weight excluding hydrogens is 334 g/mol. The van der Waals surface area contributed by atoms with Gasteiger partial charge in [-0.15, -0.1) is 0 Å². The Morgan fingerprint density at radius 3 is 2.62 bits per heavy atom. The first-order valence-corrected chi connectivity index (χ1v) is 8.16. The number of rotatable bonds is 7. The summed E-state index contributed by atoms with van der Waals surface area (Å²) in [6, 6.07) is 16.9. The highest BCUT2D eigenvalue weighted by molar-refractivity contribution is 5.67. The number of hydrogen-bond acceptors (Lipinski definition) is 6. The molecule has 3 aromatic rings. The van der Waals surface area contributed by atoms with E-state index in [9.17, 15) is 4.79 Å². The quantitative estimate of drug-likeness (QED) is 0.702. The molecule has 2 aromatic carbocycles. The van der Waals surface area contributed by atoms with Crippen molar-refractivity contribution in [3.8, 4) is 17.1 Å². The van der Waals surface area contributed by atoms with Gasteiger partial charge in [0, 0.05) is 18.5 Å². The number of benzene rings is 2. The van der Waals surface area contributed by atoms with Crippen molar-refractivity contribution in [1.29, 1.82) is 0 Å². The average Bonchev–Trinajstić information content (AvgIpc) is 3.16. The SMILES string of the molecule is COc1ccc(COC(=O)NCCc2nc(-c3ccccc3)no2)cc1. The zero-order valence-electron chi connectivity index (χ0n) is 14.3. The summed E-state index contributed by atoms with van der Waals surface area (Å²) < 4.78 is 15.4. The molecule has 0 aliphatic carbocycles. The summed E-state index contributed by atoms with van der Waals surface area (Å²) >= 11 is 0. The predicted octanol–water partition coefficient (Wildman–Crippen LogP) is 3.21. The molecule has 0 aliphatic heterocycles. The molecule has 7 heteroatoms. The van der Waals surface area contributed by atoms with Crippen LogP contribution in [0.3, 0.4) is 0 Å². The highest BCUT2D eigenvalue weighted by Crippen LogP contribution is 2.15. The van der Waals surface area contributed by atoms with Crippen molar-refractivity contribution in [2.45, 2.75) is 13.0 Å². The normalized spacial score (nSPS) is 10.3. The van der Waals surface area contributed by atoms with Gasteiger partial charge < -0.3 is 19.3 Å². The van der Waals surface area contributed by atoms with Crippen molar-refractivity contribution in [3.63, 3.8) is 0 Å². The van der Waals surface area contributed by atoms with E-state index in [1.54, 1.807) is 7.11 Å². The second-order valence-electron chi connectivity index (χ2n) is 5.48. The highest BCUT2D eigenvalue weighted by Gasteiger charge is 2.09. The number of ether oxygens (including phenoxy) is 2. The maximum absolute atomic E-state index is 11.7. The summed E-state index contributed by atoms with van der Waals surface area (Å²) in [5, 5.41) is 6.59. The van der Waals surface area contributed by atoms with E-state index < -0.39 is 6.09 Å². The van der Waals surface area contributed by atoms with Gasteiger partial charge in [0.05, 0.1) is 7.11 Å². The maximum atomic E-state index is 11.7. The van der Waals surface area contributed by atoms with Crippen molar-refractivity contribution in [2.24, 2.45) is 0 Å². The third kappa shape index (κ3) is 4.83. The van der Waals surface area contributed by atoms with Gasteiger partial charge in [0.2, 0.25) is 11.7 Å². The molecule has 0 atom stereocenters. The van der Waals surface area contributed by atoms with Gasteiger partial charge in [0.25, 0.3) is 0 Å². The number of nitrogens with zero attached hydrogens (tertiary/aromatic N) is 2. The van der Waals surface area contributed by atoms with Gasteiger partial charge in [-0.3, -0.25) is 0 Å². The van der Waals surface area contributed by atoms with Gasteiger partial charge in [-0.05, 0) is 17.7 Å². The molecule has 1 amide bonds. The lowest BCUT2D eigenvalue weighted by Crippen LogP contribution is -2.26. The van der Waals surface area contributed by atoms with E-state index in [0.29, 0.717) is 24.7 Å². The standard InChI is InChI=1S/C19H19N3O4/c1-24-16-9-7-14(8-10-16)13-25-19(23)20-12-11-17-21-18(22-26-17)15-5-3-2-4-6-15/h2-10H,11-13H2,1H3,(H,20,23). The Kier molecular flexibility index (Phi) is 5.82. The van der Waals surface area contributed by atoms with Crippen LogP contribution < -0.4 is 10.1 Å². The minimum Gasteiger partial charge on any atom is -0.497 e. The Morgan fingerprint density at radius 1 is 1.12 bits per heavy atom. The van der Waals surface area contributed by atoms with Crippen LogP contribution in [0.1, 0.15) is 11.5 Å². The minimum absolute atomic E-state index is 0.189. The van der Waals surface area contributed by atoms with Crippen LogP contribution in [0, 0.1) is 0 Å². The van der Waals surface area contributed by atoms with E-state index in [4.69, 9.17) is 14.0 Å². The van der Waals surface area contributed by atoms with E-state index in [2.05, 4.69) is 15.5 Å². The van der Waals surface area contributed by atoms with Crippen molar-refractivity contribution < 1.29 is 18.8 Å². The van der Waals surface area contributed by atoms with E-state index in [1.807, 2.05) is 54.6 Å². The number of methoxy groups -OCH3 is 1. The summed E-state index contributed by atoms with van der Waals surface area (Å²) in [4.78, 5) is 16.0. The molecule has 134 valence electrons. The topological polar surface area (TPSA) is 86.5 Å². The second kappa shape index (κ2) is 8.66. The number of aromatic nitrogens is 2. The first-order chi connectivity index (χ1) is 12.7. The molecule has 0 saturated carbocycles. The maximum Gasteiger partial charge on any atom is 0.407 e. The number of alkyl carbamates (subject to hydrolysis) is 1. The van der Waals surface area contributed by atoms with Gasteiger partial charge in [0.1, 0.15) is 12.4 Å². The van der Waals surface area contributed by atoms with Gasteiger partial charge in [-0.25, -0.2) is 4.79 Å². The van der Waals surface area contributed by atoms with Crippen LogP contribution in [0.25, 0.3) is 11.4 Å². The van der Waals surface area contributed by atoms with E-state index in [-0.39, 0.29) is 6.61 Å². The summed E-state index contributed by atoms with van der Waals surface area (Å²) in [6.07, 6.45) is -0.0686. The monoisotopic (exact) mass is 353 g/mol. The second-order valence-corrected chi connectivity index (χ2v) is 5.48. The Balaban J connectivity index is 1.40. The molecule has 0 radical (unpaired) electrons. The lowest BCUT2D eigenvalue weighted by Gasteiger charge is -2.06. The molecule has 0 saturated heterocycles. The zero-order chi connectivity index (χ0) is 18.2. The summed E-state index contributed by atoms with van der Waals surface area (Å²) in [5.74, 6) is 1.75. The summed E-state index contributed by atoms with van der Waals surface area (Å²) in [7, 11) is 1.60. The van der Waals surface area contributed by atoms with Crippen molar-refractivity contribution in [2.75, 3.05) is 13.7 Å². The molecule has 26 heavy (non-hydrogen) atoms. The lowest BCUT2D eigenvalue weighted by molar-refractivity contribution is 0.139. The van der Waals surface area contributed by atoms with Crippen molar-refractivity contribution in [3.05, 3.63) is 66.1 Å². The summed E-state index contributed by atoms with van der Waals surface area (Å²) in [6.45, 7) is 0.534. The number of carbonyl (C=O) groups is 1. The summed E-state index contributed by atoms with van der Waals surface area (Å²) in [5.41, 5.74) is 1.76. The molecule has 1 aromatic heterocycles. The lowest BCUT2D eigenvalue weighted by atomic mass is 10.2. The first-order valence-electron chi connectivity index (χ1n) is 8.16. The number of nitrogens with one attached hydrogen (secondary N) is 1. The van der Waals surface area contributed by atoms with Gasteiger partial charge in [-0.1, -0.05) is 47.6 Å². The Hall–Kier alpha value is -3.35. The molecule has 7 nitrogen and oxygen atoms in total. The highest BCUT2D eigenvalue weighted by atomic mass is 16.5. The van der Waals surface area contributed by atoms with Crippen LogP contribution in [-0.2, 0) is 17.8 Å². The van der Waals surface area contributed by atoms with E-state index in [0.717, 1.165) is 16.9 Å². The van der Waals surface area contributed by atoms with Crippen LogP contribution in [0.2, 0.25) is 0 Å². The number of hydrogen-bond donors (Lipinski definition) is 1. The molecule has 1 N–H and O–H groups in total. The number of amides is 1. The number of carbonyl (C=O) groups excluding carboxylic acids is 1. The molecule has 0 unspecified atom stereocenters. The fourth-order valence-electron chi connectivity index (χ4n) is 2.25. The van der Waals surface area contributed by atoms with Crippen LogP contribution >= 0.6 is 0 Å². The van der Waals surface area contributed by atoms with Crippen molar-refractivity contribution in [1.82, 2.24) is 15.5 Å². The third-order valence-corrected chi connectivity index (χ3v) is 3.64. The van der Waals surface area contributed by atoms with Crippen LogP contribution in [0.5, 0.6) is 5.75 Å². The fraction of sp³-hybridized carbons (Fsp3) is 0.211. The fourth-order valence-corrected chi connectivity index (χ4v) is 2.25. The minimum atomic E-state index is -0.497. The van der Waals surface area contributed by atoms with Gasteiger partial charge in [0.15, 0.2) is 0 Å². The molecule has 0 spiro atoms. The molecular formula is C19H19N3O4. The molecule has 1 heterocycles.